The van der Waals surface area contributed by atoms with E-state index < -0.39 is 43.1 Å². The highest BCUT2D eigenvalue weighted by Gasteiger charge is 2.46. The van der Waals surface area contributed by atoms with Crippen molar-refractivity contribution in [3.05, 3.63) is 11.9 Å². The Kier molecular flexibility index (Phi) is 5.44. The van der Waals surface area contributed by atoms with Crippen LogP contribution in [0.4, 0.5) is 4.39 Å². The molecule has 4 N–H and O–H groups in total. The number of rotatable bonds is 5. The lowest BCUT2D eigenvalue weighted by Crippen LogP contribution is -2.40. The van der Waals surface area contributed by atoms with E-state index in [4.69, 9.17) is 14.6 Å². The van der Waals surface area contributed by atoms with Gasteiger partial charge in [-0.3, -0.25) is 0 Å². The van der Waals surface area contributed by atoms with Gasteiger partial charge in [0.25, 0.3) is 0 Å². The van der Waals surface area contributed by atoms with E-state index in [1.807, 2.05) is 0 Å². The topological polar surface area (TPSA) is 99.4 Å². The Bertz CT molecular complexity index is 268. The van der Waals surface area contributed by atoms with Gasteiger partial charge in [-0.1, -0.05) is 0 Å². The number of ether oxygens (including phenoxy) is 2. The second-order valence-electron chi connectivity index (χ2n) is 3.82. The summed E-state index contributed by atoms with van der Waals surface area (Å²) in [4.78, 5) is 0. The van der Waals surface area contributed by atoms with Crippen LogP contribution in [-0.2, 0) is 9.47 Å². The van der Waals surface area contributed by atoms with Crippen molar-refractivity contribution in [3.63, 3.8) is 0 Å². The molecule has 1 aliphatic heterocycles. The molecule has 0 saturated carbocycles. The highest BCUT2D eigenvalue weighted by molar-refractivity contribution is 4.92. The maximum Gasteiger partial charge on any atom is 0.187 e. The Morgan fingerprint density at radius 2 is 2.12 bits per heavy atom. The third-order valence-corrected chi connectivity index (χ3v) is 2.45. The van der Waals surface area contributed by atoms with Crippen LogP contribution in [0.5, 0.6) is 0 Å². The van der Waals surface area contributed by atoms with Gasteiger partial charge in [0.05, 0.1) is 19.0 Å². The van der Waals surface area contributed by atoms with Crippen LogP contribution in [0.1, 0.15) is 6.92 Å². The first-order valence-corrected chi connectivity index (χ1v) is 5.21. The van der Waals surface area contributed by atoms with E-state index in [9.17, 15) is 19.7 Å². The summed E-state index contributed by atoms with van der Waals surface area (Å²) in [6.45, 7) is 0.506. The lowest BCUT2D eigenvalue weighted by atomic mass is 10.1. The first kappa shape index (κ1) is 14.5. The summed E-state index contributed by atoms with van der Waals surface area (Å²) in [5.74, 6) is -0.440. The first-order chi connectivity index (χ1) is 7.97. The number of halogens is 1. The fraction of sp³-hybridized carbons (Fsp3) is 0.800. The van der Waals surface area contributed by atoms with Crippen LogP contribution >= 0.6 is 0 Å². The minimum atomic E-state index is -1.36. The fourth-order valence-corrected chi connectivity index (χ4v) is 1.49. The molecule has 1 fully saturated rings. The summed E-state index contributed by atoms with van der Waals surface area (Å²) in [5, 5.41) is 37.1. The summed E-state index contributed by atoms with van der Waals surface area (Å²) >= 11 is 0. The van der Waals surface area contributed by atoms with E-state index in [1.165, 1.54) is 6.92 Å². The largest absolute Gasteiger partial charge is 0.394 e. The molecule has 1 aliphatic rings. The molecule has 0 aromatic heterocycles. The Morgan fingerprint density at radius 3 is 2.65 bits per heavy atom. The highest BCUT2D eigenvalue weighted by Crippen LogP contribution is 2.24. The normalized spacial score (nSPS) is 36.2. The number of allylic oxidation sites excluding steroid dienone is 1. The average molecular weight is 252 g/mol. The van der Waals surface area contributed by atoms with Crippen molar-refractivity contribution in [2.24, 2.45) is 0 Å². The van der Waals surface area contributed by atoms with Crippen molar-refractivity contribution in [2.45, 2.75) is 37.6 Å². The van der Waals surface area contributed by atoms with Crippen LogP contribution in [0.15, 0.2) is 11.9 Å². The molecule has 1 saturated heterocycles. The van der Waals surface area contributed by atoms with Gasteiger partial charge >= 0.3 is 0 Å². The van der Waals surface area contributed by atoms with Gasteiger partial charge in [-0.05, 0) is 13.0 Å². The smallest absolute Gasteiger partial charge is 0.187 e. The summed E-state index contributed by atoms with van der Waals surface area (Å²) in [7, 11) is 0. The zero-order valence-electron chi connectivity index (χ0n) is 9.36. The predicted octanol–water partition coefficient (Wildman–Crippen LogP) is -1.32. The van der Waals surface area contributed by atoms with Crippen LogP contribution in [0.2, 0.25) is 0 Å². The van der Waals surface area contributed by atoms with E-state index in [1.54, 1.807) is 0 Å². The zero-order valence-corrected chi connectivity index (χ0v) is 9.36. The summed E-state index contributed by atoms with van der Waals surface area (Å²) in [5.41, 5.74) is 0. The standard InChI is InChI=1S/C10H17FO6/c1-5(11)2-3-16-10-8(15)7(14)9(17-10)6(13)4-12/h2,6-10,12-15H,3-4H2,1H3/b5-2+. The molecule has 0 aromatic carbocycles. The van der Waals surface area contributed by atoms with Crippen molar-refractivity contribution in [2.75, 3.05) is 13.2 Å². The molecule has 5 unspecified atom stereocenters. The van der Waals surface area contributed by atoms with E-state index in [0.717, 1.165) is 6.08 Å². The molecule has 5 atom stereocenters. The third-order valence-electron chi connectivity index (χ3n) is 2.45. The number of hydrogen-bond donors (Lipinski definition) is 4. The van der Waals surface area contributed by atoms with Crippen molar-refractivity contribution in [3.8, 4) is 0 Å². The van der Waals surface area contributed by atoms with Gasteiger partial charge in [0.1, 0.15) is 24.4 Å². The second-order valence-corrected chi connectivity index (χ2v) is 3.82. The maximum atomic E-state index is 12.4. The molecule has 0 spiro atoms. The van der Waals surface area contributed by atoms with Crippen LogP contribution in [-0.4, -0.2) is 64.3 Å². The summed E-state index contributed by atoms with van der Waals surface area (Å²) in [6.07, 6.45) is -5.18. The lowest BCUT2D eigenvalue weighted by Gasteiger charge is -2.18. The lowest BCUT2D eigenvalue weighted by molar-refractivity contribution is -0.175. The van der Waals surface area contributed by atoms with Crippen molar-refractivity contribution in [1.29, 1.82) is 0 Å². The van der Waals surface area contributed by atoms with Gasteiger partial charge in [-0.25, -0.2) is 4.39 Å². The quantitative estimate of drug-likeness (QED) is 0.484. The maximum absolute atomic E-state index is 12.4. The molecule has 100 valence electrons. The van der Waals surface area contributed by atoms with E-state index in [-0.39, 0.29) is 6.61 Å². The summed E-state index contributed by atoms with van der Waals surface area (Å²) in [6, 6.07) is 0. The molecule has 0 aromatic rings. The molecule has 17 heavy (non-hydrogen) atoms. The van der Waals surface area contributed by atoms with Gasteiger partial charge < -0.3 is 29.9 Å². The SMILES string of the molecule is C/C(F)=C\COC1OC(C(O)CO)C(O)C1O. The molecule has 7 heteroatoms. The van der Waals surface area contributed by atoms with E-state index in [0.29, 0.717) is 0 Å². The van der Waals surface area contributed by atoms with Crippen molar-refractivity contribution < 1.29 is 34.3 Å². The van der Waals surface area contributed by atoms with Crippen LogP contribution < -0.4 is 0 Å². The molecule has 0 radical (unpaired) electrons. The Morgan fingerprint density at radius 1 is 1.47 bits per heavy atom. The van der Waals surface area contributed by atoms with E-state index >= 15 is 0 Å². The van der Waals surface area contributed by atoms with E-state index in [2.05, 4.69) is 0 Å². The molecule has 0 amide bonds. The Labute approximate surface area is 97.9 Å². The second kappa shape index (κ2) is 6.39. The average Bonchev–Trinajstić information content (AvgIpc) is 2.56. The fourth-order valence-electron chi connectivity index (χ4n) is 1.49. The van der Waals surface area contributed by atoms with Gasteiger partial charge in [0.2, 0.25) is 0 Å². The monoisotopic (exact) mass is 252 g/mol. The molecule has 0 bridgehead atoms. The Hall–Kier alpha value is -0.570. The molecule has 1 heterocycles. The number of aliphatic hydroxyl groups is 4. The molecule has 6 nitrogen and oxygen atoms in total. The number of hydrogen-bond acceptors (Lipinski definition) is 6. The minimum Gasteiger partial charge on any atom is -0.394 e. The first-order valence-electron chi connectivity index (χ1n) is 5.21. The van der Waals surface area contributed by atoms with Crippen LogP contribution in [0.3, 0.4) is 0 Å². The third kappa shape index (κ3) is 3.70. The van der Waals surface area contributed by atoms with Crippen LogP contribution in [0, 0.1) is 0 Å². The predicted molar refractivity (Wildman–Crippen MR) is 54.6 cm³/mol. The molecule has 1 rings (SSSR count). The van der Waals surface area contributed by atoms with Gasteiger partial charge in [-0.15, -0.1) is 0 Å². The Balaban J connectivity index is 2.50. The highest BCUT2D eigenvalue weighted by atomic mass is 19.1. The molecular weight excluding hydrogens is 235 g/mol. The van der Waals surface area contributed by atoms with Gasteiger partial charge in [-0.2, -0.15) is 0 Å². The molecule has 0 aliphatic carbocycles. The minimum absolute atomic E-state index is 0.126. The zero-order chi connectivity index (χ0) is 13.0. The number of aliphatic hydroxyl groups excluding tert-OH is 4. The van der Waals surface area contributed by atoms with Crippen molar-refractivity contribution in [1.82, 2.24) is 0 Å². The van der Waals surface area contributed by atoms with Gasteiger partial charge in [0.15, 0.2) is 6.29 Å². The molecular formula is C10H17FO6. The van der Waals surface area contributed by atoms with Gasteiger partial charge in [0, 0.05) is 0 Å². The summed E-state index contributed by atoms with van der Waals surface area (Å²) < 4.78 is 22.4. The van der Waals surface area contributed by atoms with Crippen LogP contribution in [0.25, 0.3) is 0 Å². The van der Waals surface area contributed by atoms with Crippen molar-refractivity contribution >= 4 is 0 Å².